The Morgan fingerprint density at radius 3 is 2.72 bits per heavy atom. The maximum atomic E-state index is 12.0. The van der Waals surface area contributed by atoms with Gasteiger partial charge in [-0.25, -0.2) is 4.98 Å². The number of ketones is 1. The van der Waals surface area contributed by atoms with Gasteiger partial charge < -0.3 is 0 Å². The third-order valence-electron chi connectivity index (χ3n) is 2.80. The van der Waals surface area contributed by atoms with Gasteiger partial charge in [0.15, 0.2) is 5.78 Å². The predicted octanol–water partition coefficient (Wildman–Crippen LogP) is 3.54. The summed E-state index contributed by atoms with van der Waals surface area (Å²) in [7, 11) is 0. The van der Waals surface area contributed by atoms with Gasteiger partial charge in [-0.1, -0.05) is 20.8 Å². The summed E-state index contributed by atoms with van der Waals surface area (Å²) in [6, 6.07) is 1.99. The first-order chi connectivity index (χ1) is 8.41. The minimum Gasteiger partial charge on any atom is -0.293 e. The number of aromatic nitrogens is 1. The minimum atomic E-state index is -0.531. The van der Waals surface area contributed by atoms with Crippen LogP contribution in [0.1, 0.15) is 50.2 Å². The van der Waals surface area contributed by atoms with Gasteiger partial charge in [-0.3, -0.25) is 4.79 Å². The highest BCUT2D eigenvalue weighted by molar-refractivity contribution is 7.09. The van der Waals surface area contributed by atoms with Crippen LogP contribution < -0.4 is 0 Å². The molecule has 0 aromatic carbocycles. The Morgan fingerprint density at radius 2 is 2.22 bits per heavy atom. The van der Waals surface area contributed by atoms with Gasteiger partial charge in [-0.15, -0.1) is 11.3 Å². The van der Waals surface area contributed by atoms with Crippen molar-refractivity contribution in [1.29, 1.82) is 5.26 Å². The second-order valence-electron chi connectivity index (χ2n) is 5.63. The molecule has 94 valence electrons. The van der Waals surface area contributed by atoms with Crippen molar-refractivity contribution in [2.75, 3.05) is 0 Å². The summed E-state index contributed by atoms with van der Waals surface area (Å²) in [4.78, 5) is 16.5. The molecule has 1 aromatic rings. The number of Topliss-reactive ketones (excluding diaryl/α,β-unsaturated/α-hetero) is 1. The zero-order valence-electron chi connectivity index (χ0n) is 10.9. The van der Waals surface area contributed by atoms with E-state index in [4.69, 9.17) is 5.26 Å². The van der Waals surface area contributed by atoms with Gasteiger partial charge in [0.2, 0.25) is 0 Å². The molecule has 1 aliphatic rings. The van der Waals surface area contributed by atoms with Gasteiger partial charge in [0.1, 0.15) is 6.07 Å². The van der Waals surface area contributed by atoms with E-state index in [1.807, 2.05) is 32.2 Å². The van der Waals surface area contributed by atoms with E-state index in [-0.39, 0.29) is 11.4 Å². The summed E-state index contributed by atoms with van der Waals surface area (Å²) in [6.07, 6.45) is 4.03. The van der Waals surface area contributed by atoms with Crippen LogP contribution >= 0.6 is 11.3 Å². The number of hydrogen-bond acceptors (Lipinski definition) is 4. The van der Waals surface area contributed by atoms with Gasteiger partial charge in [-0.2, -0.15) is 5.26 Å². The van der Waals surface area contributed by atoms with Crippen LogP contribution in [0.25, 0.3) is 6.08 Å². The van der Waals surface area contributed by atoms with Crippen molar-refractivity contribution >= 4 is 23.2 Å². The van der Waals surface area contributed by atoms with Gasteiger partial charge >= 0.3 is 0 Å². The average molecular weight is 260 g/mol. The van der Waals surface area contributed by atoms with E-state index in [1.54, 1.807) is 17.4 Å². The van der Waals surface area contributed by atoms with E-state index >= 15 is 0 Å². The van der Waals surface area contributed by atoms with Gasteiger partial charge in [0.05, 0.1) is 16.3 Å². The molecule has 0 aliphatic heterocycles. The number of carbonyl (C=O) groups excluding carboxylic acids is 1. The summed E-state index contributed by atoms with van der Waals surface area (Å²) in [6.45, 7) is 5.45. The average Bonchev–Trinajstić information content (AvgIpc) is 3.05. The molecule has 4 heteroatoms. The van der Waals surface area contributed by atoms with Crippen molar-refractivity contribution < 1.29 is 4.79 Å². The lowest BCUT2D eigenvalue weighted by atomic mass is 9.86. The van der Waals surface area contributed by atoms with E-state index in [1.165, 1.54) is 12.8 Å². The molecule has 0 bridgehead atoms. The lowest BCUT2D eigenvalue weighted by molar-refractivity contribution is -0.121. The van der Waals surface area contributed by atoms with E-state index in [0.29, 0.717) is 5.92 Å². The van der Waals surface area contributed by atoms with Gasteiger partial charge in [-0.05, 0) is 18.9 Å². The van der Waals surface area contributed by atoms with Gasteiger partial charge in [0.25, 0.3) is 0 Å². The molecule has 1 aliphatic carbocycles. The van der Waals surface area contributed by atoms with Crippen molar-refractivity contribution in [2.24, 2.45) is 5.41 Å². The quantitative estimate of drug-likeness (QED) is 0.617. The Kier molecular flexibility index (Phi) is 3.36. The molecule has 0 saturated heterocycles. The molecule has 0 amide bonds. The second kappa shape index (κ2) is 4.66. The molecule has 0 N–H and O–H groups in total. The smallest absolute Gasteiger partial charge is 0.178 e. The molecular formula is C14H16N2OS. The Labute approximate surface area is 111 Å². The molecule has 1 fully saturated rings. The lowest BCUT2D eigenvalue weighted by Gasteiger charge is -2.15. The Hall–Kier alpha value is -1.47. The summed E-state index contributed by atoms with van der Waals surface area (Å²) >= 11 is 1.62. The summed E-state index contributed by atoms with van der Waals surface area (Å²) in [5, 5.41) is 12.1. The predicted molar refractivity (Wildman–Crippen MR) is 72.1 cm³/mol. The molecule has 0 radical (unpaired) electrons. The van der Waals surface area contributed by atoms with Crippen molar-refractivity contribution in [3.8, 4) is 6.07 Å². The molecule has 1 aromatic heterocycles. The Bertz CT molecular complexity index is 539. The monoisotopic (exact) mass is 260 g/mol. The summed E-state index contributed by atoms with van der Waals surface area (Å²) < 4.78 is 0. The molecule has 0 unspecified atom stereocenters. The normalized spacial score (nSPS) is 16.4. The molecule has 1 heterocycles. The first-order valence-corrected chi connectivity index (χ1v) is 6.92. The number of carbonyl (C=O) groups is 1. The molecule has 18 heavy (non-hydrogen) atoms. The van der Waals surface area contributed by atoms with E-state index in [0.717, 1.165) is 10.7 Å². The number of nitriles is 1. The van der Waals surface area contributed by atoms with E-state index in [2.05, 4.69) is 4.98 Å². The third-order valence-corrected chi connectivity index (χ3v) is 3.83. The SMILES string of the molecule is CC(C)(C)C(=O)C(C#N)=Cc1csc(C2CC2)n1. The van der Waals surface area contributed by atoms with Gasteiger partial charge in [0, 0.05) is 16.7 Å². The number of allylic oxidation sites excluding steroid dienone is 1. The maximum Gasteiger partial charge on any atom is 0.178 e. The summed E-state index contributed by atoms with van der Waals surface area (Å²) in [5.74, 6) is 0.479. The number of rotatable bonds is 3. The Balaban J connectivity index is 2.23. The first kappa shape index (κ1) is 13.0. The number of hydrogen-bond donors (Lipinski definition) is 0. The van der Waals surface area contributed by atoms with Crippen LogP contribution in [0.2, 0.25) is 0 Å². The van der Waals surface area contributed by atoms with Crippen molar-refractivity contribution in [3.05, 3.63) is 21.7 Å². The topological polar surface area (TPSA) is 53.8 Å². The van der Waals surface area contributed by atoms with Crippen LogP contribution in [0.15, 0.2) is 11.0 Å². The van der Waals surface area contributed by atoms with Crippen LogP contribution in [-0.2, 0) is 4.79 Å². The number of nitrogens with zero attached hydrogens (tertiary/aromatic N) is 2. The lowest BCUT2D eigenvalue weighted by Crippen LogP contribution is -2.21. The Morgan fingerprint density at radius 1 is 1.56 bits per heavy atom. The minimum absolute atomic E-state index is 0.133. The fourth-order valence-corrected chi connectivity index (χ4v) is 2.53. The fourth-order valence-electron chi connectivity index (χ4n) is 1.59. The molecule has 0 atom stereocenters. The highest BCUT2D eigenvalue weighted by Crippen LogP contribution is 2.41. The van der Waals surface area contributed by atoms with E-state index in [9.17, 15) is 4.79 Å². The van der Waals surface area contributed by atoms with Crippen LogP contribution in [-0.4, -0.2) is 10.8 Å². The van der Waals surface area contributed by atoms with Crippen molar-refractivity contribution in [3.63, 3.8) is 0 Å². The summed E-state index contributed by atoms with van der Waals surface area (Å²) in [5.41, 5.74) is 0.392. The highest BCUT2D eigenvalue weighted by atomic mass is 32.1. The fraction of sp³-hybridized carbons (Fsp3) is 0.500. The molecule has 1 saturated carbocycles. The zero-order chi connectivity index (χ0) is 13.3. The maximum absolute atomic E-state index is 12.0. The molecular weight excluding hydrogens is 244 g/mol. The van der Waals surface area contributed by atoms with Crippen LogP contribution in [0.4, 0.5) is 0 Å². The molecule has 2 rings (SSSR count). The van der Waals surface area contributed by atoms with Crippen LogP contribution in [0.3, 0.4) is 0 Å². The molecule has 3 nitrogen and oxygen atoms in total. The molecule has 0 spiro atoms. The van der Waals surface area contributed by atoms with Crippen LogP contribution in [0, 0.1) is 16.7 Å². The van der Waals surface area contributed by atoms with Crippen molar-refractivity contribution in [2.45, 2.75) is 39.5 Å². The standard InChI is InChI=1S/C14H16N2OS/c1-14(2,3)12(17)10(7-15)6-11-8-18-13(16-11)9-4-5-9/h6,8-9H,4-5H2,1-3H3. The first-order valence-electron chi connectivity index (χ1n) is 6.04. The highest BCUT2D eigenvalue weighted by Gasteiger charge is 2.27. The largest absolute Gasteiger partial charge is 0.293 e. The third kappa shape index (κ3) is 2.85. The second-order valence-corrected chi connectivity index (χ2v) is 6.52. The van der Waals surface area contributed by atoms with E-state index < -0.39 is 5.41 Å². The zero-order valence-corrected chi connectivity index (χ0v) is 11.7. The number of thiazole rings is 1. The van der Waals surface area contributed by atoms with Crippen LogP contribution in [0.5, 0.6) is 0 Å². The van der Waals surface area contributed by atoms with Crippen molar-refractivity contribution in [1.82, 2.24) is 4.98 Å².